The van der Waals surface area contributed by atoms with E-state index in [1.54, 1.807) is 36.4 Å². The number of benzene rings is 2. The number of hydrogen-bond acceptors (Lipinski definition) is 6. The van der Waals surface area contributed by atoms with E-state index in [0.29, 0.717) is 21.3 Å². The lowest BCUT2D eigenvalue weighted by molar-refractivity contribution is -0.120. The van der Waals surface area contributed by atoms with Crippen molar-refractivity contribution in [3.8, 4) is 17.2 Å². The van der Waals surface area contributed by atoms with Gasteiger partial charge in [-0.3, -0.25) is 9.59 Å². The van der Waals surface area contributed by atoms with E-state index in [-0.39, 0.29) is 18.0 Å². The van der Waals surface area contributed by atoms with Crippen molar-refractivity contribution in [3.63, 3.8) is 0 Å². The van der Waals surface area contributed by atoms with E-state index in [2.05, 4.69) is 31.8 Å². The van der Waals surface area contributed by atoms with Gasteiger partial charge in [0.15, 0.2) is 11.5 Å². The molecule has 0 saturated heterocycles. The minimum Gasteiger partial charge on any atom is -0.504 e. The van der Waals surface area contributed by atoms with Gasteiger partial charge in [-0.05, 0) is 24.3 Å². The number of para-hydroxylation sites is 1. The number of methoxy groups -OCH3 is 2. The van der Waals surface area contributed by atoms with Gasteiger partial charge < -0.3 is 19.9 Å². The Morgan fingerprint density at radius 1 is 1.19 bits per heavy atom. The highest BCUT2D eigenvalue weighted by Gasteiger charge is 2.12. The van der Waals surface area contributed by atoms with E-state index in [4.69, 9.17) is 9.47 Å². The third-order valence-corrected chi connectivity index (χ3v) is 3.90. The fourth-order valence-electron chi connectivity index (χ4n) is 2.15. The van der Waals surface area contributed by atoms with Crippen molar-refractivity contribution in [2.75, 3.05) is 20.8 Å². The van der Waals surface area contributed by atoms with Crippen LogP contribution in [0.1, 0.15) is 15.9 Å². The zero-order chi connectivity index (χ0) is 19.8. The van der Waals surface area contributed by atoms with Crippen LogP contribution in [0.25, 0.3) is 0 Å². The van der Waals surface area contributed by atoms with Crippen LogP contribution in [0.2, 0.25) is 0 Å². The molecule has 2 aromatic rings. The smallest absolute Gasteiger partial charge is 0.259 e. The second-order valence-corrected chi connectivity index (χ2v) is 6.14. The van der Waals surface area contributed by atoms with Crippen molar-refractivity contribution < 1.29 is 24.2 Å². The number of amides is 2. The van der Waals surface area contributed by atoms with Gasteiger partial charge in [0.1, 0.15) is 5.75 Å². The number of ether oxygens (including phenoxy) is 2. The molecule has 0 bridgehead atoms. The summed E-state index contributed by atoms with van der Waals surface area (Å²) in [5.41, 5.74) is 2.94. The number of phenolic OH excluding ortho intramolecular Hbond substituents is 1. The predicted molar refractivity (Wildman–Crippen MR) is 103 cm³/mol. The van der Waals surface area contributed by atoms with E-state index in [9.17, 15) is 14.7 Å². The zero-order valence-electron chi connectivity index (χ0n) is 14.7. The summed E-state index contributed by atoms with van der Waals surface area (Å²) in [4.78, 5) is 23.9. The SMILES string of the molecule is COc1ccccc1C(=O)NCC(=O)NN=Cc1cc(Br)cc(OC)c1O. The van der Waals surface area contributed by atoms with Crippen molar-refractivity contribution in [2.45, 2.75) is 0 Å². The van der Waals surface area contributed by atoms with Gasteiger partial charge in [-0.1, -0.05) is 28.1 Å². The quantitative estimate of drug-likeness (QED) is 0.455. The molecule has 0 heterocycles. The lowest BCUT2D eigenvalue weighted by Crippen LogP contribution is -2.35. The van der Waals surface area contributed by atoms with Gasteiger partial charge in [-0.15, -0.1) is 0 Å². The molecule has 2 amide bonds. The van der Waals surface area contributed by atoms with Crippen LogP contribution in [-0.4, -0.2) is 43.9 Å². The minimum atomic E-state index is -0.532. The predicted octanol–water partition coefficient (Wildman–Crippen LogP) is 2.05. The number of carbonyl (C=O) groups is 2. The Labute approximate surface area is 164 Å². The lowest BCUT2D eigenvalue weighted by atomic mass is 10.2. The summed E-state index contributed by atoms with van der Waals surface area (Å²) in [6, 6.07) is 9.88. The maximum absolute atomic E-state index is 12.1. The number of nitrogens with one attached hydrogen (secondary N) is 2. The Balaban J connectivity index is 1.92. The first kappa shape index (κ1) is 20.2. The number of carbonyl (C=O) groups excluding carboxylic acids is 2. The van der Waals surface area contributed by atoms with E-state index in [1.165, 1.54) is 20.4 Å². The summed E-state index contributed by atoms with van der Waals surface area (Å²) in [6.45, 7) is -0.276. The van der Waals surface area contributed by atoms with E-state index in [0.717, 1.165) is 0 Å². The van der Waals surface area contributed by atoms with Crippen molar-refractivity contribution >= 4 is 34.0 Å². The third-order valence-electron chi connectivity index (χ3n) is 3.44. The summed E-state index contributed by atoms with van der Waals surface area (Å²) in [5, 5.41) is 16.3. The Bertz CT molecular complexity index is 870. The molecule has 0 atom stereocenters. The molecule has 0 unspecified atom stereocenters. The topological polar surface area (TPSA) is 109 Å². The molecule has 142 valence electrons. The monoisotopic (exact) mass is 435 g/mol. The molecule has 0 aromatic heterocycles. The molecular weight excluding hydrogens is 418 g/mol. The largest absolute Gasteiger partial charge is 0.504 e. The fraction of sp³-hybridized carbons (Fsp3) is 0.167. The number of rotatable bonds is 7. The number of hydrogen-bond donors (Lipinski definition) is 3. The molecule has 0 aliphatic carbocycles. The molecule has 0 aliphatic rings. The molecule has 0 aliphatic heterocycles. The van der Waals surface area contributed by atoms with Crippen LogP contribution >= 0.6 is 15.9 Å². The molecule has 8 nitrogen and oxygen atoms in total. The van der Waals surface area contributed by atoms with Gasteiger partial charge in [0.2, 0.25) is 0 Å². The van der Waals surface area contributed by atoms with Crippen LogP contribution < -0.4 is 20.2 Å². The van der Waals surface area contributed by atoms with Crippen LogP contribution in [0.5, 0.6) is 17.2 Å². The number of phenols is 1. The van der Waals surface area contributed by atoms with Crippen molar-refractivity contribution in [1.82, 2.24) is 10.7 Å². The highest BCUT2D eigenvalue weighted by Crippen LogP contribution is 2.32. The van der Waals surface area contributed by atoms with Gasteiger partial charge in [0.25, 0.3) is 11.8 Å². The first-order valence-corrected chi connectivity index (χ1v) is 8.55. The molecule has 3 N–H and O–H groups in total. The molecular formula is C18H18BrN3O5. The molecule has 9 heteroatoms. The van der Waals surface area contributed by atoms with Crippen LogP contribution in [0.4, 0.5) is 0 Å². The molecule has 0 fully saturated rings. The number of nitrogens with zero attached hydrogens (tertiary/aromatic N) is 1. The highest BCUT2D eigenvalue weighted by molar-refractivity contribution is 9.10. The van der Waals surface area contributed by atoms with Gasteiger partial charge in [0.05, 0.1) is 32.5 Å². The molecule has 27 heavy (non-hydrogen) atoms. The summed E-state index contributed by atoms with van der Waals surface area (Å²) < 4.78 is 10.8. The first-order chi connectivity index (χ1) is 13.0. The standard InChI is InChI=1S/C18H18BrN3O5/c1-26-14-6-4-3-5-13(14)18(25)20-10-16(23)22-21-9-11-7-12(19)8-15(27-2)17(11)24/h3-9,24H,10H2,1-2H3,(H,20,25)(H,22,23). The van der Waals surface area contributed by atoms with E-state index >= 15 is 0 Å². The Kier molecular flexibility index (Phi) is 7.18. The molecule has 0 saturated carbocycles. The summed E-state index contributed by atoms with van der Waals surface area (Å²) in [7, 11) is 2.88. The third kappa shape index (κ3) is 5.45. The average molecular weight is 436 g/mol. The van der Waals surface area contributed by atoms with E-state index < -0.39 is 11.8 Å². The second kappa shape index (κ2) is 9.58. The number of aromatic hydroxyl groups is 1. The maximum atomic E-state index is 12.1. The Hall–Kier alpha value is -3.07. The minimum absolute atomic E-state index is 0.108. The average Bonchev–Trinajstić information content (AvgIpc) is 2.68. The van der Waals surface area contributed by atoms with E-state index in [1.807, 2.05) is 0 Å². The van der Waals surface area contributed by atoms with Crippen LogP contribution in [0.15, 0.2) is 46.0 Å². The number of hydrazone groups is 1. The van der Waals surface area contributed by atoms with Crippen molar-refractivity contribution in [1.29, 1.82) is 0 Å². The molecule has 0 spiro atoms. The van der Waals surface area contributed by atoms with Crippen LogP contribution in [0.3, 0.4) is 0 Å². The Morgan fingerprint density at radius 2 is 1.89 bits per heavy atom. The maximum Gasteiger partial charge on any atom is 0.259 e. The van der Waals surface area contributed by atoms with Crippen LogP contribution in [0, 0.1) is 0 Å². The second-order valence-electron chi connectivity index (χ2n) is 5.22. The van der Waals surface area contributed by atoms with Gasteiger partial charge in [0, 0.05) is 10.0 Å². The molecule has 2 rings (SSSR count). The highest BCUT2D eigenvalue weighted by atomic mass is 79.9. The van der Waals surface area contributed by atoms with Gasteiger partial charge in [-0.25, -0.2) is 5.43 Å². The molecule has 2 aromatic carbocycles. The summed E-state index contributed by atoms with van der Waals surface area (Å²) >= 11 is 3.29. The molecule has 0 radical (unpaired) electrons. The van der Waals surface area contributed by atoms with Gasteiger partial charge in [-0.2, -0.15) is 5.10 Å². The normalized spacial score (nSPS) is 10.5. The van der Waals surface area contributed by atoms with Crippen molar-refractivity contribution in [2.24, 2.45) is 5.10 Å². The summed E-state index contributed by atoms with van der Waals surface area (Å²) in [5.74, 6) is -0.409. The van der Waals surface area contributed by atoms with Crippen molar-refractivity contribution in [3.05, 3.63) is 52.0 Å². The van der Waals surface area contributed by atoms with Crippen LogP contribution in [-0.2, 0) is 4.79 Å². The Morgan fingerprint density at radius 3 is 2.59 bits per heavy atom. The first-order valence-electron chi connectivity index (χ1n) is 7.76. The van der Waals surface area contributed by atoms with Gasteiger partial charge >= 0.3 is 0 Å². The fourth-order valence-corrected chi connectivity index (χ4v) is 2.60. The number of halogens is 1. The zero-order valence-corrected chi connectivity index (χ0v) is 16.2. The summed E-state index contributed by atoms with van der Waals surface area (Å²) in [6.07, 6.45) is 1.27. The lowest BCUT2D eigenvalue weighted by Gasteiger charge is -2.08.